The number of anilines is 5. The van der Waals surface area contributed by atoms with Gasteiger partial charge in [0.2, 0.25) is 16.0 Å². The van der Waals surface area contributed by atoms with Crippen LogP contribution in [0, 0.1) is 6.92 Å². The highest BCUT2D eigenvalue weighted by Crippen LogP contribution is 2.32. The summed E-state index contributed by atoms with van der Waals surface area (Å²) < 4.78 is 28.4. The molecule has 0 aliphatic carbocycles. The van der Waals surface area contributed by atoms with Crippen LogP contribution in [0.25, 0.3) is 0 Å². The highest BCUT2D eigenvalue weighted by Gasteiger charge is 2.16. The molecule has 30 heavy (non-hydrogen) atoms. The average Bonchev–Trinajstić information content (AvgIpc) is 2.70. The number of nitrogens with one attached hydrogen (secondary N) is 3. The first-order valence-electron chi connectivity index (χ1n) is 8.85. The summed E-state index contributed by atoms with van der Waals surface area (Å²) in [6.45, 7) is 1.84. The number of ether oxygens (including phenoxy) is 1. The number of primary sulfonamides is 1. The SMILES string of the molecule is Cc1cnc(Nc2cccc(S(N)(=O)=O)c2)nc1Nc1ccc2c(c1)NC(=O)CO2. The van der Waals surface area contributed by atoms with Crippen LogP contribution in [-0.4, -0.2) is 30.9 Å². The number of fused-ring (bicyclic) bond motifs is 1. The van der Waals surface area contributed by atoms with Crippen LogP contribution in [0.4, 0.5) is 28.8 Å². The van der Waals surface area contributed by atoms with Crippen molar-refractivity contribution in [3.05, 3.63) is 54.2 Å². The number of hydrogen-bond acceptors (Lipinski definition) is 8. The molecule has 11 heteroatoms. The van der Waals surface area contributed by atoms with Gasteiger partial charge in [-0.2, -0.15) is 4.98 Å². The highest BCUT2D eigenvalue weighted by atomic mass is 32.2. The summed E-state index contributed by atoms with van der Waals surface area (Å²) >= 11 is 0. The molecule has 0 saturated heterocycles. The van der Waals surface area contributed by atoms with E-state index in [0.717, 1.165) is 5.56 Å². The van der Waals surface area contributed by atoms with Gasteiger partial charge in [0.1, 0.15) is 11.6 Å². The van der Waals surface area contributed by atoms with E-state index in [9.17, 15) is 13.2 Å². The molecule has 154 valence electrons. The van der Waals surface area contributed by atoms with E-state index in [-0.39, 0.29) is 23.4 Å². The Kier molecular flexibility index (Phi) is 4.98. The van der Waals surface area contributed by atoms with Gasteiger partial charge in [0.05, 0.1) is 10.6 Å². The molecule has 0 atom stereocenters. The van der Waals surface area contributed by atoms with Crippen molar-refractivity contribution in [2.45, 2.75) is 11.8 Å². The minimum atomic E-state index is -3.82. The van der Waals surface area contributed by atoms with Crippen molar-refractivity contribution < 1.29 is 17.9 Å². The normalized spacial score (nSPS) is 13.1. The largest absolute Gasteiger partial charge is 0.482 e. The lowest BCUT2D eigenvalue weighted by Gasteiger charge is -2.19. The van der Waals surface area contributed by atoms with E-state index in [0.29, 0.717) is 28.6 Å². The molecular weight excluding hydrogens is 408 g/mol. The number of amides is 1. The van der Waals surface area contributed by atoms with E-state index in [2.05, 4.69) is 25.9 Å². The zero-order valence-corrected chi connectivity index (χ0v) is 16.7. The van der Waals surface area contributed by atoms with Crippen molar-refractivity contribution in [3.8, 4) is 5.75 Å². The first kappa shape index (κ1) is 19.6. The van der Waals surface area contributed by atoms with Gasteiger partial charge in [-0.05, 0) is 43.3 Å². The molecule has 0 spiro atoms. The maximum Gasteiger partial charge on any atom is 0.262 e. The first-order valence-corrected chi connectivity index (χ1v) is 10.4. The van der Waals surface area contributed by atoms with Gasteiger partial charge in [0, 0.05) is 23.1 Å². The van der Waals surface area contributed by atoms with E-state index in [1.807, 2.05) is 6.92 Å². The predicted octanol–water partition coefficient (Wildman–Crippen LogP) is 2.25. The molecule has 0 bridgehead atoms. The van der Waals surface area contributed by atoms with Gasteiger partial charge in [-0.15, -0.1) is 0 Å². The molecule has 5 N–H and O–H groups in total. The minimum Gasteiger partial charge on any atom is -0.482 e. The number of nitrogens with zero attached hydrogens (tertiary/aromatic N) is 2. The third-order valence-corrected chi connectivity index (χ3v) is 5.18. The Hall–Kier alpha value is -3.70. The van der Waals surface area contributed by atoms with Gasteiger partial charge >= 0.3 is 0 Å². The third-order valence-electron chi connectivity index (χ3n) is 4.27. The van der Waals surface area contributed by atoms with Gasteiger partial charge in [0.15, 0.2) is 6.61 Å². The second-order valence-corrected chi connectivity index (χ2v) is 8.16. The summed E-state index contributed by atoms with van der Waals surface area (Å²) in [5.74, 6) is 1.19. The Labute approximate surface area is 172 Å². The van der Waals surface area contributed by atoms with Crippen LogP contribution in [0.3, 0.4) is 0 Å². The number of carbonyl (C=O) groups is 1. The number of carbonyl (C=O) groups excluding carboxylic acids is 1. The number of aromatic nitrogens is 2. The number of hydrogen-bond donors (Lipinski definition) is 4. The number of rotatable bonds is 5. The lowest BCUT2D eigenvalue weighted by atomic mass is 10.2. The first-order chi connectivity index (χ1) is 14.3. The Bertz CT molecular complexity index is 1250. The van der Waals surface area contributed by atoms with Crippen molar-refractivity contribution >= 4 is 44.8 Å². The second-order valence-electron chi connectivity index (χ2n) is 6.60. The van der Waals surface area contributed by atoms with E-state index >= 15 is 0 Å². The molecule has 1 aromatic heterocycles. The summed E-state index contributed by atoms with van der Waals surface area (Å²) in [6, 6.07) is 11.4. The maximum atomic E-state index is 11.5. The lowest BCUT2D eigenvalue weighted by Crippen LogP contribution is -2.25. The molecule has 0 saturated carbocycles. The molecule has 4 rings (SSSR count). The van der Waals surface area contributed by atoms with Gasteiger partial charge in [-0.25, -0.2) is 18.5 Å². The Morgan fingerprint density at radius 1 is 1.13 bits per heavy atom. The number of nitrogens with two attached hydrogens (primary N) is 1. The van der Waals surface area contributed by atoms with Gasteiger partial charge in [-0.1, -0.05) is 6.07 Å². The molecule has 0 fully saturated rings. The fraction of sp³-hybridized carbons (Fsp3) is 0.105. The van der Waals surface area contributed by atoms with Gasteiger partial charge < -0.3 is 20.7 Å². The molecular formula is C19H18N6O4S. The Balaban J connectivity index is 1.57. The third kappa shape index (κ3) is 4.31. The van der Waals surface area contributed by atoms with Gasteiger partial charge in [0.25, 0.3) is 5.91 Å². The van der Waals surface area contributed by atoms with Gasteiger partial charge in [-0.3, -0.25) is 4.79 Å². The van der Waals surface area contributed by atoms with Crippen molar-refractivity contribution in [3.63, 3.8) is 0 Å². The monoisotopic (exact) mass is 426 g/mol. The maximum absolute atomic E-state index is 11.5. The van der Waals surface area contributed by atoms with E-state index < -0.39 is 10.0 Å². The van der Waals surface area contributed by atoms with Crippen molar-refractivity contribution in [2.75, 3.05) is 22.6 Å². The number of sulfonamides is 1. The second kappa shape index (κ2) is 7.61. The summed E-state index contributed by atoms with van der Waals surface area (Å²) in [7, 11) is -3.82. The fourth-order valence-electron chi connectivity index (χ4n) is 2.81. The van der Waals surface area contributed by atoms with Crippen LogP contribution in [0.1, 0.15) is 5.56 Å². The number of aryl methyl sites for hydroxylation is 1. The van der Waals surface area contributed by atoms with E-state index in [4.69, 9.17) is 9.88 Å². The quantitative estimate of drug-likeness (QED) is 0.485. The molecule has 2 aromatic carbocycles. The standard InChI is InChI=1S/C19H18N6O4S/c1-11-9-21-19(23-12-3-2-4-14(7-12)30(20,27)28)25-18(11)22-13-5-6-16-15(8-13)24-17(26)10-29-16/h2-9H,10H2,1H3,(H,24,26)(H2,20,27,28)(H2,21,22,23,25). The smallest absolute Gasteiger partial charge is 0.262 e. The Morgan fingerprint density at radius 3 is 2.73 bits per heavy atom. The number of benzene rings is 2. The van der Waals surface area contributed by atoms with Crippen molar-refractivity contribution in [1.82, 2.24) is 9.97 Å². The van der Waals surface area contributed by atoms with Crippen LogP contribution >= 0.6 is 0 Å². The molecule has 1 amide bonds. The molecule has 1 aliphatic heterocycles. The highest BCUT2D eigenvalue weighted by molar-refractivity contribution is 7.89. The zero-order valence-electron chi connectivity index (χ0n) is 15.8. The topological polar surface area (TPSA) is 148 Å². The van der Waals surface area contributed by atoms with Crippen molar-refractivity contribution in [1.29, 1.82) is 0 Å². The van der Waals surface area contributed by atoms with Crippen LogP contribution in [0.15, 0.2) is 53.6 Å². The van der Waals surface area contributed by atoms with Crippen LogP contribution in [0.2, 0.25) is 0 Å². The molecule has 1 aliphatic rings. The zero-order chi connectivity index (χ0) is 21.3. The summed E-state index contributed by atoms with van der Waals surface area (Å²) in [6.07, 6.45) is 1.63. The average molecular weight is 426 g/mol. The predicted molar refractivity (Wildman–Crippen MR) is 112 cm³/mol. The Morgan fingerprint density at radius 2 is 1.93 bits per heavy atom. The lowest BCUT2D eigenvalue weighted by molar-refractivity contribution is -0.118. The van der Waals surface area contributed by atoms with Crippen LogP contribution < -0.4 is 25.8 Å². The van der Waals surface area contributed by atoms with E-state index in [1.165, 1.54) is 12.1 Å². The molecule has 0 unspecified atom stereocenters. The molecule has 3 aromatic rings. The fourth-order valence-corrected chi connectivity index (χ4v) is 3.37. The van der Waals surface area contributed by atoms with Crippen molar-refractivity contribution in [2.24, 2.45) is 5.14 Å². The minimum absolute atomic E-state index is 0.00746. The van der Waals surface area contributed by atoms with Crippen LogP contribution in [0.5, 0.6) is 5.75 Å². The molecule has 10 nitrogen and oxygen atoms in total. The molecule has 2 heterocycles. The summed E-state index contributed by atoms with van der Waals surface area (Å²) in [5.41, 5.74) is 2.53. The molecule has 0 radical (unpaired) electrons. The van der Waals surface area contributed by atoms with E-state index in [1.54, 1.807) is 36.5 Å². The summed E-state index contributed by atoms with van der Waals surface area (Å²) in [4.78, 5) is 20.2. The summed E-state index contributed by atoms with van der Waals surface area (Å²) in [5, 5.41) is 14.1. The van der Waals surface area contributed by atoms with Crippen LogP contribution in [-0.2, 0) is 14.8 Å².